The molecule has 0 radical (unpaired) electrons. The molecule has 1 aromatic heterocycles. The lowest BCUT2D eigenvalue weighted by Gasteiger charge is -2.09. The lowest BCUT2D eigenvalue weighted by Crippen LogP contribution is -2.36. The van der Waals surface area contributed by atoms with Crippen LogP contribution in [0.5, 0.6) is 0 Å². The van der Waals surface area contributed by atoms with Crippen LogP contribution in [0.4, 0.5) is 0 Å². The molecule has 0 aliphatic heterocycles. The van der Waals surface area contributed by atoms with Gasteiger partial charge < -0.3 is 5.73 Å². The molecule has 0 saturated carbocycles. The van der Waals surface area contributed by atoms with E-state index in [9.17, 15) is 8.42 Å². The molecule has 0 spiro atoms. The highest BCUT2D eigenvalue weighted by molar-refractivity contribution is 9.11. The number of thiophene rings is 1. The standard InChI is InChI=1S/C8H12BrClN2O2S2/c1-2-5(11)4-12-16(13,14)7-3-6(10)8(9)15-7/h3,5,12H,2,4,11H2,1H3. The Bertz CT molecular complexity index is 441. The monoisotopic (exact) mass is 346 g/mol. The zero-order valence-corrected chi connectivity index (χ0v) is 12.5. The topological polar surface area (TPSA) is 72.2 Å². The van der Waals surface area contributed by atoms with Crippen molar-refractivity contribution in [1.29, 1.82) is 0 Å². The van der Waals surface area contributed by atoms with Gasteiger partial charge in [-0.05, 0) is 28.4 Å². The molecule has 8 heteroatoms. The van der Waals surface area contributed by atoms with Crippen LogP contribution in [0, 0.1) is 0 Å². The zero-order chi connectivity index (χ0) is 12.3. The highest BCUT2D eigenvalue weighted by Gasteiger charge is 2.19. The van der Waals surface area contributed by atoms with Gasteiger partial charge >= 0.3 is 0 Å². The number of nitrogens with two attached hydrogens (primary N) is 1. The highest BCUT2D eigenvalue weighted by atomic mass is 79.9. The van der Waals surface area contributed by atoms with Crippen molar-refractivity contribution < 1.29 is 8.42 Å². The molecule has 0 aliphatic rings. The molecule has 0 amide bonds. The number of hydrogen-bond acceptors (Lipinski definition) is 4. The van der Waals surface area contributed by atoms with Crippen LogP contribution in [0.25, 0.3) is 0 Å². The van der Waals surface area contributed by atoms with Crippen molar-refractivity contribution in [3.8, 4) is 0 Å². The third-order valence-corrected chi connectivity index (χ3v) is 6.32. The van der Waals surface area contributed by atoms with Gasteiger partial charge in [0.05, 0.1) is 8.81 Å². The number of sulfonamides is 1. The fourth-order valence-electron chi connectivity index (χ4n) is 0.891. The normalized spacial score (nSPS) is 14.0. The maximum absolute atomic E-state index is 11.8. The fourth-order valence-corrected chi connectivity index (χ4v) is 4.43. The van der Waals surface area contributed by atoms with Gasteiger partial charge in [-0.2, -0.15) is 0 Å². The van der Waals surface area contributed by atoms with Crippen LogP contribution in [-0.2, 0) is 10.0 Å². The molecular formula is C8H12BrClN2O2S2. The van der Waals surface area contributed by atoms with Crippen molar-refractivity contribution in [1.82, 2.24) is 4.72 Å². The van der Waals surface area contributed by atoms with Crippen LogP contribution >= 0.6 is 38.9 Å². The second kappa shape index (κ2) is 5.79. The minimum Gasteiger partial charge on any atom is -0.327 e. The summed E-state index contributed by atoms with van der Waals surface area (Å²) in [5.41, 5.74) is 5.63. The van der Waals surface area contributed by atoms with Crippen LogP contribution in [0.1, 0.15) is 13.3 Å². The number of hydrogen-bond donors (Lipinski definition) is 2. The molecule has 0 bridgehead atoms. The Morgan fingerprint density at radius 1 is 1.69 bits per heavy atom. The first kappa shape index (κ1) is 14.4. The Labute approximate surface area is 112 Å². The van der Waals surface area contributed by atoms with Crippen LogP contribution in [0.3, 0.4) is 0 Å². The van der Waals surface area contributed by atoms with E-state index < -0.39 is 10.0 Å². The largest absolute Gasteiger partial charge is 0.327 e. The first-order valence-electron chi connectivity index (χ1n) is 4.57. The molecule has 4 nitrogen and oxygen atoms in total. The van der Waals surface area contributed by atoms with E-state index in [0.717, 1.165) is 17.8 Å². The molecule has 0 fully saturated rings. The number of halogens is 2. The van der Waals surface area contributed by atoms with E-state index in [2.05, 4.69) is 20.7 Å². The van der Waals surface area contributed by atoms with Crippen LogP contribution in [0.2, 0.25) is 5.02 Å². The van der Waals surface area contributed by atoms with Crippen LogP contribution in [-0.4, -0.2) is 21.0 Å². The number of rotatable bonds is 5. The van der Waals surface area contributed by atoms with Gasteiger partial charge in [-0.1, -0.05) is 18.5 Å². The van der Waals surface area contributed by atoms with Crippen molar-refractivity contribution in [2.45, 2.75) is 23.6 Å². The average Bonchev–Trinajstić information content (AvgIpc) is 2.56. The van der Waals surface area contributed by atoms with Crippen molar-refractivity contribution >= 4 is 48.9 Å². The molecular weight excluding hydrogens is 336 g/mol. The Morgan fingerprint density at radius 3 is 2.75 bits per heavy atom. The summed E-state index contributed by atoms with van der Waals surface area (Å²) in [6, 6.07) is 1.24. The van der Waals surface area contributed by atoms with Crippen molar-refractivity contribution in [3.05, 3.63) is 14.9 Å². The fraction of sp³-hybridized carbons (Fsp3) is 0.500. The van der Waals surface area contributed by atoms with Gasteiger partial charge in [-0.25, -0.2) is 13.1 Å². The van der Waals surface area contributed by atoms with E-state index in [4.69, 9.17) is 17.3 Å². The molecule has 3 N–H and O–H groups in total. The van der Waals surface area contributed by atoms with Gasteiger partial charge in [-0.3, -0.25) is 0 Å². The molecule has 0 aromatic carbocycles. The molecule has 1 unspecified atom stereocenters. The Balaban J connectivity index is 2.78. The molecule has 0 aliphatic carbocycles. The Kier molecular flexibility index (Phi) is 5.21. The average molecular weight is 348 g/mol. The summed E-state index contributed by atoms with van der Waals surface area (Å²) in [7, 11) is -3.49. The third kappa shape index (κ3) is 3.68. The van der Waals surface area contributed by atoms with Gasteiger partial charge in [0.2, 0.25) is 10.0 Å². The van der Waals surface area contributed by atoms with E-state index in [0.29, 0.717) is 8.81 Å². The predicted octanol–water partition coefficient (Wildman–Crippen LogP) is 2.18. The van der Waals surface area contributed by atoms with Crippen molar-refractivity contribution in [2.75, 3.05) is 6.54 Å². The smallest absolute Gasteiger partial charge is 0.250 e. The molecule has 1 aromatic rings. The maximum atomic E-state index is 11.8. The number of nitrogens with one attached hydrogen (secondary N) is 1. The maximum Gasteiger partial charge on any atom is 0.250 e. The highest BCUT2D eigenvalue weighted by Crippen LogP contribution is 2.34. The lowest BCUT2D eigenvalue weighted by atomic mass is 10.2. The van der Waals surface area contributed by atoms with Gasteiger partial charge in [-0.15, -0.1) is 11.3 Å². The van der Waals surface area contributed by atoms with E-state index in [1.54, 1.807) is 0 Å². The van der Waals surface area contributed by atoms with E-state index in [-0.39, 0.29) is 16.8 Å². The summed E-state index contributed by atoms with van der Waals surface area (Å²) >= 11 is 10.0. The molecule has 0 saturated heterocycles. The van der Waals surface area contributed by atoms with Crippen LogP contribution in [0.15, 0.2) is 14.1 Å². The predicted molar refractivity (Wildman–Crippen MR) is 70.5 cm³/mol. The van der Waals surface area contributed by atoms with E-state index >= 15 is 0 Å². The first-order chi connectivity index (χ1) is 7.36. The van der Waals surface area contributed by atoms with E-state index in [1.165, 1.54) is 6.07 Å². The van der Waals surface area contributed by atoms with Crippen LogP contribution < -0.4 is 10.5 Å². The minimum atomic E-state index is -3.49. The summed E-state index contributed by atoms with van der Waals surface area (Å²) in [5.74, 6) is 0. The molecule has 16 heavy (non-hydrogen) atoms. The lowest BCUT2D eigenvalue weighted by molar-refractivity contribution is 0.566. The summed E-state index contributed by atoms with van der Waals surface area (Å²) in [6.45, 7) is 2.13. The van der Waals surface area contributed by atoms with Gasteiger partial charge in [0.25, 0.3) is 0 Å². The Morgan fingerprint density at radius 2 is 2.31 bits per heavy atom. The summed E-state index contributed by atoms with van der Waals surface area (Å²) in [6.07, 6.45) is 0.720. The second-order valence-corrected chi connectivity index (χ2v) is 7.98. The second-order valence-electron chi connectivity index (χ2n) is 3.21. The van der Waals surface area contributed by atoms with Crippen molar-refractivity contribution in [2.24, 2.45) is 5.73 Å². The third-order valence-electron chi connectivity index (χ3n) is 1.95. The Hall–Kier alpha value is 0.340. The van der Waals surface area contributed by atoms with E-state index in [1.807, 2.05) is 6.92 Å². The van der Waals surface area contributed by atoms with Crippen molar-refractivity contribution in [3.63, 3.8) is 0 Å². The van der Waals surface area contributed by atoms with Gasteiger partial charge in [0.15, 0.2) is 0 Å². The minimum absolute atomic E-state index is 0.173. The summed E-state index contributed by atoms with van der Waals surface area (Å²) < 4.78 is 26.8. The zero-order valence-electron chi connectivity index (χ0n) is 8.54. The molecule has 1 rings (SSSR count). The SMILES string of the molecule is CCC(N)CNS(=O)(=O)c1cc(Cl)c(Br)s1. The summed E-state index contributed by atoms with van der Waals surface area (Å²) in [5, 5.41) is 0.394. The summed E-state index contributed by atoms with van der Waals surface area (Å²) in [4.78, 5) is 0. The van der Waals surface area contributed by atoms with Gasteiger partial charge in [0.1, 0.15) is 4.21 Å². The molecule has 1 atom stereocenters. The molecule has 1 heterocycles. The quantitative estimate of drug-likeness (QED) is 0.857. The first-order valence-corrected chi connectivity index (χ1v) is 8.04. The van der Waals surface area contributed by atoms with Gasteiger partial charge in [0, 0.05) is 12.6 Å². The molecule has 92 valence electrons.